The molecule has 4 aliphatic carbocycles. The van der Waals surface area contributed by atoms with Crippen LogP contribution < -0.4 is 29.3 Å². The number of morpholine rings is 1. The summed E-state index contributed by atoms with van der Waals surface area (Å²) in [5.41, 5.74) is 2.46. The van der Waals surface area contributed by atoms with E-state index < -0.39 is 0 Å². The lowest BCUT2D eigenvalue weighted by Crippen LogP contribution is -3.00. The van der Waals surface area contributed by atoms with Crippen molar-refractivity contribution in [1.29, 1.82) is 0 Å². The van der Waals surface area contributed by atoms with E-state index >= 15 is 0 Å². The van der Waals surface area contributed by atoms with Gasteiger partial charge in [-0.25, -0.2) is 4.79 Å². The SMILES string of the molecule is CC(C)CCC[C@@H](C)[C@H]1CC[C@H]2[C@@H]3CC=C4C[C@@H](OC(=O)NCCCCCC[N+]5(C)CCOCC5)CC[C@]4(C)[C@H]3CC[C@]12C.[I-]. The Hall–Kier alpha value is -0.340. The van der Waals surface area contributed by atoms with E-state index in [4.69, 9.17) is 9.47 Å². The molecule has 5 aliphatic rings. The number of carbonyl (C=O) groups is 1. The topological polar surface area (TPSA) is 47.6 Å². The number of nitrogens with one attached hydrogen (secondary N) is 1. The van der Waals surface area contributed by atoms with Gasteiger partial charge < -0.3 is 43.3 Å². The monoisotopic (exact) mass is 740 g/mol. The number of hydrogen-bond donors (Lipinski definition) is 1. The summed E-state index contributed by atoms with van der Waals surface area (Å²) >= 11 is 0. The Morgan fingerprint density at radius 2 is 1.73 bits per heavy atom. The van der Waals surface area contributed by atoms with Crippen LogP contribution in [0.3, 0.4) is 0 Å². The number of fused-ring (bicyclic) bond motifs is 5. The van der Waals surface area contributed by atoms with Crippen LogP contribution >= 0.6 is 0 Å². The van der Waals surface area contributed by atoms with Crippen molar-refractivity contribution in [2.75, 3.05) is 46.4 Å². The second kappa shape index (κ2) is 16.4. The summed E-state index contributed by atoms with van der Waals surface area (Å²) in [6.07, 6.45) is 21.5. The van der Waals surface area contributed by atoms with E-state index in [1.165, 1.54) is 83.6 Å². The number of quaternary nitrogens is 1. The number of likely N-dealkylation sites (N-methyl/N-ethyl adjacent to an activating group) is 1. The molecule has 1 amide bonds. The number of ether oxygens (including phenoxy) is 2. The van der Waals surface area contributed by atoms with Gasteiger partial charge in [0.05, 0.1) is 26.8 Å². The molecular formula is C39H69IN2O3. The zero-order valence-electron chi connectivity index (χ0n) is 30.0. The van der Waals surface area contributed by atoms with Gasteiger partial charge in [0.1, 0.15) is 19.2 Å². The van der Waals surface area contributed by atoms with Crippen molar-refractivity contribution >= 4 is 6.09 Å². The minimum atomic E-state index is -0.202. The molecule has 0 aromatic rings. The standard InChI is InChI=1S/C39H68N2O3.HI/c1-29(2)12-11-13-30(3)34-16-17-35-33-15-14-31-28-32(18-20-38(31,4)36(33)19-21-39(34,35)5)44-37(42)40-22-9-7-8-10-23-41(6)24-26-43-27-25-41;/h14,29-30,32-36H,7-13,15-28H2,1-6H3;1H/t30-,32+,33+,34-,35+,36+,38+,39-;/m1./s1. The molecule has 1 N–H and O–H groups in total. The van der Waals surface area contributed by atoms with E-state index in [1.54, 1.807) is 5.57 Å². The van der Waals surface area contributed by atoms with Gasteiger partial charge in [-0.15, -0.1) is 0 Å². The smallest absolute Gasteiger partial charge is 0.407 e. The first-order valence-corrected chi connectivity index (χ1v) is 19.1. The number of amides is 1. The predicted octanol–water partition coefficient (Wildman–Crippen LogP) is 6.16. The predicted molar refractivity (Wildman–Crippen MR) is 181 cm³/mol. The van der Waals surface area contributed by atoms with Gasteiger partial charge in [-0.1, -0.05) is 72.0 Å². The van der Waals surface area contributed by atoms with Gasteiger partial charge in [0.25, 0.3) is 0 Å². The van der Waals surface area contributed by atoms with Gasteiger partial charge in [-0.2, -0.15) is 0 Å². The average molecular weight is 741 g/mol. The molecule has 260 valence electrons. The number of halogens is 1. The molecule has 0 spiro atoms. The molecule has 1 aliphatic heterocycles. The summed E-state index contributed by atoms with van der Waals surface area (Å²) < 4.78 is 12.7. The van der Waals surface area contributed by atoms with Gasteiger partial charge in [0.2, 0.25) is 0 Å². The molecule has 0 unspecified atom stereocenters. The summed E-state index contributed by atoms with van der Waals surface area (Å²) in [7, 11) is 2.36. The maximum Gasteiger partial charge on any atom is 0.407 e. The molecule has 0 bridgehead atoms. The Morgan fingerprint density at radius 1 is 0.978 bits per heavy atom. The van der Waals surface area contributed by atoms with Crippen molar-refractivity contribution in [2.24, 2.45) is 46.3 Å². The van der Waals surface area contributed by atoms with Gasteiger partial charge in [0.15, 0.2) is 0 Å². The second-order valence-electron chi connectivity index (χ2n) is 17.3. The first-order valence-electron chi connectivity index (χ1n) is 19.1. The largest absolute Gasteiger partial charge is 1.00 e. The lowest BCUT2D eigenvalue weighted by Gasteiger charge is -2.58. The number of hydrogen-bond acceptors (Lipinski definition) is 3. The van der Waals surface area contributed by atoms with Crippen molar-refractivity contribution in [2.45, 2.75) is 137 Å². The summed E-state index contributed by atoms with van der Waals surface area (Å²) in [6.45, 7) is 18.7. The highest BCUT2D eigenvalue weighted by molar-refractivity contribution is 5.67. The van der Waals surface area contributed by atoms with E-state index in [9.17, 15) is 4.79 Å². The number of nitrogens with zero attached hydrogens (tertiary/aromatic N) is 1. The maximum atomic E-state index is 12.7. The Kier molecular flexibility index (Phi) is 13.6. The van der Waals surface area contributed by atoms with Crippen LogP contribution in [0.4, 0.5) is 4.79 Å². The van der Waals surface area contributed by atoms with Crippen molar-refractivity contribution in [3.63, 3.8) is 0 Å². The number of alkyl carbamates (subject to hydrolysis) is 1. The van der Waals surface area contributed by atoms with Crippen molar-refractivity contribution in [3.8, 4) is 0 Å². The Morgan fingerprint density at radius 3 is 2.49 bits per heavy atom. The average Bonchev–Trinajstić information content (AvgIpc) is 3.34. The van der Waals surface area contributed by atoms with E-state index in [-0.39, 0.29) is 36.2 Å². The minimum Gasteiger partial charge on any atom is -1.00 e. The molecule has 0 aromatic heterocycles. The van der Waals surface area contributed by atoms with Gasteiger partial charge >= 0.3 is 6.09 Å². The third-order valence-corrected chi connectivity index (χ3v) is 14.0. The number of rotatable bonds is 13. The first kappa shape index (κ1) is 37.5. The minimum absolute atomic E-state index is 0. The van der Waals surface area contributed by atoms with Crippen LogP contribution in [0.1, 0.15) is 131 Å². The van der Waals surface area contributed by atoms with Crippen LogP contribution in [0.5, 0.6) is 0 Å². The van der Waals surface area contributed by atoms with Crippen LogP contribution in [0, 0.1) is 46.3 Å². The van der Waals surface area contributed by atoms with E-state index in [0.29, 0.717) is 10.8 Å². The fraction of sp³-hybridized carbons (Fsp3) is 0.923. The molecule has 1 saturated heterocycles. The normalized spacial score (nSPS) is 36.2. The van der Waals surface area contributed by atoms with Crippen LogP contribution in [-0.2, 0) is 9.47 Å². The zero-order valence-corrected chi connectivity index (χ0v) is 32.2. The molecule has 0 aromatic carbocycles. The highest BCUT2D eigenvalue weighted by atomic mass is 127. The second-order valence-corrected chi connectivity index (χ2v) is 17.3. The molecule has 8 atom stereocenters. The quantitative estimate of drug-likeness (QED) is 0.107. The number of allylic oxidation sites excluding steroid dienone is 1. The molecule has 45 heavy (non-hydrogen) atoms. The molecule has 0 radical (unpaired) electrons. The summed E-state index contributed by atoms with van der Waals surface area (Å²) in [5, 5.41) is 3.06. The molecule has 4 fully saturated rings. The van der Waals surface area contributed by atoms with Crippen molar-refractivity contribution in [3.05, 3.63) is 11.6 Å². The fourth-order valence-corrected chi connectivity index (χ4v) is 11.1. The van der Waals surface area contributed by atoms with Crippen LogP contribution in [0.2, 0.25) is 0 Å². The lowest BCUT2D eigenvalue weighted by molar-refractivity contribution is -0.917. The summed E-state index contributed by atoms with van der Waals surface area (Å²) in [4.78, 5) is 12.7. The van der Waals surface area contributed by atoms with Gasteiger partial charge in [-0.3, -0.25) is 0 Å². The number of unbranched alkanes of at least 4 members (excludes halogenated alkanes) is 3. The number of carbonyl (C=O) groups excluding carboxylic acids is 1. The molecule has 3 saturated carbocycles. The Labute approximate surface area is 294 Å². The van der Waals surface area contributed by atoms with E-state index in [0.717, 1.165) is 92.1 Å². The molecular weight excluding hydrogens is 671 g/mol. The van der Waals surface area contributed by atoms with Crippen LogP contribution in [0.25, 0.3) is 0 Å². The van der Waals surface area contributed by atoms with Crippen molar-refractivity contribution in [1.82, 2.24) is 5.32 Å². The molecule has 5 nitrogen and oxygen atoms in total. The lowest BCUT2D eigenvalue weighted by atomic mass is 9.47. The Balaban J connectivity index is 0.00000461. The van der Waals surface area contributed by atoms with Crippen LogP contribution in [0.15, 0.2) is 11.6 Å². The third kappa shape index (κ3) is 8.83. The third-order valence-electron chi connectivity index (χ3n) is 14.0. The van der Waals surface area contributed by atoms with Gasteiger partial charge in [0, 0.05) is 13.0 Å². The Bertz CT molecular complexity index is 979. The summed E-state index contributed by atoms with van der Waals surface area (Å²) in [5.74, 6) is 5.19. The first-order chi connectivity index (χ1) is 21.0. The highest BCUT2D eigenvalue weighted by Gasteiger charge is 2.59. The van der Waals surface area contributed by atoms with Crippen molar-refractivity contribution < 1.29 is 42.7 Å². The zero-order chi connectivity index (χ0) is 31.4. The van der Waals surface area contributed by atoms with E-state index in [1.807, 2.05) is 0 Å². The van der Waals surface area contributed by atoms with E-state index in [2.05, 4.69) is 53.1 Å². The van der Waals surface area contributed by atoms with Crippen LogP contribution in [-0.4, -0.2) is 63.1 Å². The maximum absolute atomic E-state index is 12.7. The van der Waals surface area contributed by atoms with Gasteiger partial charge in [-0.05, 0) is 111 Å². The molecule has 5 rings (SSSR count). The summed E-state index contributed by atoms with van der Waals surface area (Å²) in [6, 6.07) is 0. The molecule has 1 heterocycles. The highest BCUT2D eigenvalue weighted by Crippen LogP contribution is 2.67. The fourth-order valence-electron chi connectivity index (χ4n) is 11.1. The molecule has 6 heteroatoms.